The Kier molecular flexibility index (Phi) is 5.38. The van der Waals surface area contributed by atoms with Crippen molar-refractivity contribution in [1.29, 1.82) is 0 Å². The normalized spacial score (nSPS) is 14.4. The fraction of sp³-hybridized carbons (Fsp3) is 0.538. The molecule has 2 atom stereocenters. The first-order valence-corrected chi connectivity index (χ1v) is 5.79. The second-order valence-electron chi connectivity index (χ2n) is 4.09. The summed E-state index contributed by atoms with van der Waals surface area (Å²) in [5, 5.41) is 18.2. The van der Waals surface area contributed by atoms with E-state index in [2.05, 4.69) is 0 Å². The maximum absolute atomic E-state index is 13.2. The van der Waals surface area contributed by atoms with E-state index >= 15 is 0 Å². The van der Waals surface area contributed by atoms with Gasteiger partial charge < -0.3 is 14.9 Å². The van der Waals surface area contributed by atoms with E-state index in [1.807, 2.05) is 13.8 Å². The molecule has 0 fully saturated rings. The molecule has 1 aromatic rings. The summed E-state index contributed by atoms with van der Waals surface area (Å²) in [7, 11) is 0. The van der Waals surface area contributed by atoms with Crippen molar-refractivity contribution >= 4 is 0 Å². The largest absolute Gasteiger partial charge is 0.494 e. The maximum atomic E-state index is 13.2. The summed E-state index contributed by atoms with van der Waals surface area (Å²) in [6, 6.07) is 4.36. The summed E-state index contributed by atoms with van der Waals surface area (Å²) in [5.74, 6) is 0.231. The topological polar surface area (TPSA) is 49.7 Å². The fourth-order valence-corrected chi connectivity index (χ4v) is 1.80. The van der Waals surface area contributed by atoms with Gasteiger partial charge in [-0.05, 0) is 43.0 Å². The molecule has 0 amide bonds. The van der Waals surface area contributed by atoms with Gasteiger partial charge in [0, 0.05) is 0 Å². The monoisotopic (exact) mass is 242 g/mol. The van der Waals surface area contributed by atoms with Crippen LogP contribution in [0.5, 0.6) is 5.75 Å². The SMILES string of the molecule is CCOc1ccc(F)cc1C(C)CC(O)CO. The highest BCUT2D eigenvalue weighted by Crippen LogP contribution is 2.30. The van der Waals surface area contributed by atoms with E-state index in [1.54, 1.807) is 6.07 Å². The van der Waals surface area contributed by atoms with E-state index < -0.39 is 6.10 Å². The van der Waals surface area contributed by atoms with Crippen LogP contribution in [0.15, 0.2) is 18.2 Å². The molecule has 1 rings (SSSR count). The molecule has 0 aliphatic rings. The zero-order chi connectivity index (χ0) is 12.8. The molecule has 3 nitrogen and oxygen atoms in total. The number of aliphatic hydroxyl groups is 2. The van der Waals surface area contributed by atoms with Crippen molar-refractivity contribution in [2.45, 2.75) is 32.3 Å². The van der Waals surface area contributed by atoms with Gasteiger partial charge in [0.2, 0.25) is 0 Å². The van der Waals surface area contributed by atoms with Crippen molar-refractivity contribution in [3.05, 3.63) is 29.6 Å². The summed E-state index contributed by atoms with van der Waals surface area (Å²) in [6.45, 7) is 3.95. The van der Waals surface area contributed by atoms with Gasteiger partial charge in [-0.15, -0.1) is 0 Å². The van der Waals surface area contributed by atoms with Crippen LogP contribution >= 0.6 is 0 Å². The Morgan fingerprint density at radius 3 is 2.71 bits per heavy atom. The van der Waals surface area contributed by atoms with Crippen LogP contribution in [0, 0.1) is 5.82 Å². The Hall–Kier alpha value is -1.13. The molecule has 2 unspecified atom stereocenters. The Labute approximate surface area is 101 Å². The van der Waals surface area contributed by atoms with Gasteiger partial charge in [-0.2, -0.15) is 0 Å². The van der Waals surface area contributed by atoms with Crippen LogP contribution in [-0.2, 0) is 0 Å². The number of hydrogen-bond acceptors (Lipinski definition) is 3. The first-order chi connectivity index (χ1) is 8.08. The Balaban J connectivity index is 2.89. The molecule has 0 saturated heterocycles. The summed E-state index contributed by atoms with van der Waals surface area (Å²) < 4.78 is 18.6. The summed E-state index contributed by atoms with van der Waals surface area (Å²) in [5.41, 5.74) is 0.722. The number of hydrogen-bond donors (Lipinski definition) is 2. The maximum Gasteiger partial charge on any atom is 0.123 e. The van der Waals surface area contributed by atoms with E-state index in [1.165, 1.54) is 12.1 Å². The van der Waals surface area contributed by atoms with Crippen LogP contribution in [0.4, 0.5) is 4.39 Å². The van der Waals surface area contributed by atoms with Crippen LogP contribution in [0.2, 0.25) is 0 Å². The second-order valence-corrected chi connectivity index (χ2v) is 4.09. The van der Waals surface area contributed by atoms with Crippen molar-refractivity contribution in [3.8, 4) is 5.75 Å². The summed E-state index contributed by atoms with van der Waals surface area (Å²) >= 11 is 0. The van der Waals surface area contributed by atoms with E-state index in [-0.39, 0.29) is 18.3 Å². The van der Waals surface area contributed by atoms with Crippen LogP contribution < -0.4 is 4.74 Å². The molecule has 96 valence electrons. The lowest BCUT2D eigenvalue weighted by atomic mass is 9.94. The van der Waals surface area contributed by atoms with Crippen LogP contribution in [-0.4, -0.2) is 29.5 Å². The molecular weight excluding hydrogens is 223 g/mol. The number of ether oxygens (including phenoxy) is 1. The van der Waals surface area contributed by atoms with Gasteiger partial charge in [-0.25, -0.2) is 4.39 Å². The van der Waals surface area contributed by atoms with Crippen molar-refractivity contribution in [3.63, 3.8) is 0 Å². The Morgan fingerprint density at radius 2 is 2.12 bits per heavy atom. The average molecular weight is 242 g/mol. The minimum Gasteiger partial charge on any atom is -0.494 e. The number of benzene rings is 1. The molecule has 0 aromatic heterocycles. The minimum absolute atomic E-state index is 0.0746. The van der Waals surface area contributed by atoms with Gasteiger partial charge in [0.15, 0.2) is 0 Å². The van der Waals surface area contributed by atoms with Crippen molar-refractivity contribution in [2.75, 3.05) is 13.2 Å². The van der Waals surface area contributed by atoms with Crippen molar-refractivity contribution < 1.29 is 19.3 Å². The van der Waals surface area contributed by atoms with Gasteiger partial charge in [0.1, 0.15) is 11.6 Å². The zero-order valence-electron chi connectivity index (χ0n) is 10.2. The molecule has 0 bridgehead atoms. The van der Waals surface area contributed by atoms with Gasteiger partial charge in [0.05, 0.1) is 19.3 Å². The molecule has 0 heterocycles. The molecule has 0 saturated carbocycles. The minimum atomic E-state index is -0.789. The van der Waals surface area contributed by atoms with Crippen molar-refractivity contribution in [1.82, 2.24) is 0 Å². The Morgan fingerprint density at radius 1 is 1.41 bits per heavy atom. The predicted molar refractivity (Wildman–Crippen MR) is 63.7 cm³/mol. The average Bonchev–Trinajstić information content (AvgIpc) is 2.31. The van der Waals surface area contributed by atoms with Crippen LogP contribution in [0.3, 0.4) is 0 Å². The number of aliphatic hydroxyl groups excluding tert-OH is 2. The van der Waals surface area contributed by atoms with Crippen LogP contribution in [0.1, 0.15) is 31.7 Å². The quantitative estimate of drug-likeness (QED) is 0.803. The molecular formula is C13H19FO3. The zero-order valence-corrected chi connectivity index (χ0v) is 10.2. The second kappa shape index (κ2) is 6.57. The number of halogens is 1. The Bertz CT molecular complexity index is 355. The third-order valence-corrected chi connectivity index (χ3v) is 2.64. The predicted octanol–water partition coefficient (Wildman–Crippen LogP) is 2.07. The lowest BCUT2D eigenvalue weighted by molar-refractivity contribution is 0.0832. The lowest BCUT2D eigenvalue weighted by Gasteiger charge is -2.18. The van der Waals surface area contributed by atoms with Crippen molar-refractivity contribution in [2.24, 2.45) is 0 Å². The standard InChI is InChI=1S/C13H19FO3/c1-3-17-13-5-4-10(14)7-12(13)9(2)6-11(16)8-15/h4-5,7,9,11,15-16H,3,6,8H2,1-2H3. The van der Waals surface area contributed by atoms with Crippen LogP contribution in [0.25, 0.3) is 0 Å². The molecule has 0 radical (unpaired) electrons. The highest BCUT2D eigenvalue weighted by atomic mass is 19.1. The third kappa shape index (κ3) is 3.98. The number of rotatable bonds is 6. The molecule has 1 aromatic carbocycles. The smallest absolute Gasteiger partial charge is 0.123 e. The molecule has 2 N–H and O–H groups in total. The first-order valence-electron chi connectivity index (χ1n) is 5.79. The summed E-state index contributed by atoms with van der Waals surface area (Å²) in [6.07, 6.45) is -0.414. The van der Waals surface area contributed by atoms with E-state index in [0.717, 1.165) is 5.56 Å². The molecule has 0 spiro atoms. The molecule has 17 heavy (non-hydrogen) atoms. The highest BCUT2D eigenvalue weighted by molar-refractivity contribution is 5.36. The lowest BCUT2D eigenvalue weighted by Crippen LogP contribution is -2.15. The van der Waals surface area contributed by atoms with Gasteiger partial charge in [0.25, 0.3) is 0 Å². The first kappa shape index (κ1) is 13.9. The highest BCUT2D eigenvalue weighted by Gasteiger charge is 2.16. The third-order valence-electron chi connectivity index (χ3n) is 2.64. The molecule has 4 heteroatoms. The molecule has 0 aliphatic carbocycles. The van der Waals surface area contributed by atoms with Gasteiger partial charge >= 0.3 is 0 Å². The van der Waals surface area contributed by atoms with Gasteiger partial charge in [-0.3, -0.25) is 0 Å². The van der Waals surface area contributed by atoms with E-state index in [0.29, 0.717) is 18.8 Å². The molecule has 0 aliphatic heterocycles. The van der Waals surface area contributed by atoms with E-state index in [9.17, 15) is 9.50 Å². The van der Waals surface area contributed by atoms with Gasteiger partial charge in [-0.1, -0.05) is 6.92 Å². The fourth-order valence-electron chi connectivity index (χ4n) is 1.80. The summed E-state index contributed by atoms with van der Waals surface area (Å²) in [4.78, 5) is 0. The van der Waals surface area contributed by atoms with E-state index in [4.69, 9.17) is 9.84 Å².